The minimum atomic E-state index is -3.35. The second-order valence-corrected chi connectivity index (χ2v) is 8.06. The van der Waals surface area contributed by atoms with E-state index in [9.17, 15) is 8.42 Å². The first-order valence-electron chi connectivity index (χ1n) is 7.95. The SMILES string of the molecule is CCN(C1CCCCC1)S(=O)(=O)N1CCCCC1CCl. The van der Waals surface area contributed by atoms with Gasteiger partial charge >= 0.3 is 0 Å². The summed E-state index contributed by atoms with van der Waals surface area (Å²) in [5.41, 5.74) is 0. The molecule has 1 aliphatic carbocycles. The molecule has 0 aromatic heterocycles. The van der Waals surface area contributed by atoms with Crippen LogP contribution in [0.5, 0.6) is 0 Å². The van der Waals surface area contributed by atoms with Gasteiger partial charge in [-0.05, 0) is 25.7 Å². The Labute approximate surface area is 128 Å². The predicted molar refractivity (Wildman–Crippen MR) is 83.2 cm³/mol. The largest absolute Gasteiger partial charge is 0.282 e. The van der Waals surface area contributed by atoms with E-state index in [2.05, 4.69) is 0 Å². The second kappa shape index (κ2) is 7.43. The minimum Gasteiger partial charge on any atom is -0.195 e. The molecule has 0 aromatic carbocycles. The minimum absolute atomic E-state index is 0.0203. The molecule has 4 nitrogen and oxygen atoms in total. The number of nitrogens with zero attached hydrogens (tertiary/aromatic N) is 2. The van der Waals surface area contributed by atoms with E-state index in [0.717, 1.165) is 44.9 Å². The fraction of sp³-hybridized carbons (Fsp3) is 1.00. The average molecular weight is 323 g/mol. The molecule has 1 atom stereocenters. The summed E-state index contributed by atoms with van der Waals surface area (Å²) in [5, 5.41) is 0. The number of hydrogen-bond donors (Lipinski definition) is 0. The van der Waals surface area contributed by atoms with Crippen LogP contribution in [0.15, 0.2) is 0 Å². The molecule has 0 amide bonds. The topological polar surface area (TPSA) is 40.6 Å². The van der Waals surface area contributed by atoms with Gasteiger partial charge in [0.05, 0.1) is 0 Å². The number of piperidine rings is 1. The third-order valence-corrected chi connectivity index (χ3v) is 7.22. The summed E-state index contributed by atoms with van der Waals surface area (Å²) in [5.74, 6) is 0.404. The molecule has 1 saturated heterocycles. The van der Waals surface area contributed by atoms with Crippen molar-refractivity contribution in [1.82, 2.24) is 8.61 Å². The number of alkyl halides is 1. The molecule has 0 aromatic rings. The van der Waals surface area contributed by atoms with Crippen LogP contribution in [0.25, 0.3) is 0 Å². The summed E-state index contributed by atoms with van der Waals surface area (Å²) >= 11 is 5.99. The van der Waals surface area contributed by atoms with Gasteiger partial charge in [0.1, 0.15) is 0 Å². The number of halogens is 1. The number of rotatable bonds is 5. The van der Waals surface area contributed by atoms with Crippen molar-refractivity contribution in [3.63, 3.8) is 0 Å². The van der Waals surface area contributed by atoms with Crippen LogP contribution in [-0.4, -0.2) is 48.1 Å². The van der Waals surface area contributed by atoms with Crippen LogP contribution in [0.3, 0.4) is 0 Å². The molecule has 1 saturated carbocycles. The fourth-order valence-corrected chi connectivity index (χ4v) is 6.05. The van der Waals surface area contributed by atoms with Crippen LogP contribution in [-0.2, 0) is 10.2 Å². The zero-order chi connectivity index (χ0) is 14.6. The summed E-state index contributed by atoms with van der Waals surface area (Å²) in [6.07, 6.45) is 8.48. The van der Waals surface area contributed by atoms with Crippen molar-refractivity contribution < 1.29 is 8.42 Å². The van der Waals surface area contributed by atoms with Gasteiger partial charge in [-0.25, -0.2) is 0 Å². The number of hydrogen-bond acceptors (Lipinski definition) is 2. The predicted octanol–water partition coefficient (Wildman–Crippen LogP) is 2.98. The van der Waals surface area contributed by atoms with Gasteiger partial charge in [0.25, 0.3) is 10.2 Å². The highest BCUT2D eigenvalue weighted by Gasteiger charge is 2.38. The standard InChI is InChI=1S/C14H27ClN2O2S/c1-2-16(13-8-4-3-5-9-13)20(18,19)17-11-7-6-10-14(17)12-15/h13-14H,2-12H2,1H3. The second-order valence-electron chi connectivity index (χ2n) is 5.92. The third kappa shape index (κ3) is 3.49. The summed E-state index contributed by atoms with van der Waals surface area (Å²) in [4.78, 5) is 0. The van der Waals surface area contributed by atoms with Gasteiger partial charge in [-0.15, -0.1) is 11.6 Å². The van der Waals surface area contributed by atoms with Crippen molar-refractivity contribution in [2.24, 2.45) is 0 Å². The first-order valence-corrected chi connectivity index (χ1v) is 9.89. The van der Waals surface area contributed by atoms with Gasteiger partial charge in [0, 0.05) is 31.1 Å². The molecular formula is C14H27ClN2O2S. The van der Waals surface area contributed by atoms with Gasteiger partial charge in [0.2, 0.25) is 0 Å². The molecule has 20 heavy (non-hydrogen) atoms. The highest BCUT2D eigenvalue weighted by atomic mass is 35.5. The highest BCUT2D eigenvalue weighted by Crippen LogP contribution is 2.29. The molecule has 1 aliphatic heterocycles. The molecule has 0 radical (unpaired) electrons. The van der Waals surface area contributed by atoms with Crippen LogP contribution in [0, 0.1) is 0 Å². The van der Waals surface area contributed by atoms with Crippen molar-refractivity contribution in [2.45, 2.75) is 70.4 Å². The van der Waals surface area contributed by atoms with Gasteiger partial charge in [-0.3, -0.25) is 0 Å². The monoisotopic (exact) mass is 322 g/mol. The molecule has 0 N–H and O–H groups in total. The lowest BCUT2D eigenvalue weighted by molar-refractivity contribution is 0.210. The van der Waals surface area contributed by atoms with Gasteiger partial charge in [0.15, 0.2) is 0 Å². The van der Waals surface area contributed by atoms with E-state index in [1.165, 1.54) is 6.42 Å². The molecule has 2 fully saturated rings. The van der Waals surface area contributed by atoms with E-state index in [4.69, 9.17) is 11.6 Å². The van der Waals surface area contributed by atoms with Crippen LogP contribution >= 0.6 is 11.6 Å². The zero-order valence-corrected chi connectivity index (χ0v) is 14.0. The Morgan fingerprint density at radius 1 is 1.10 bits per heavy atom. The molecular weight excluding hydrogens is 296 g/mol. The maximum absolute atomic E-state index is 13.0. The van der Waals surface area contributed by atoms with Crippen LogP contribution in [0.1, 0.15) is 58.3 Å². The van der Waals surface area contributed by atoms with E-state index in [0.29, 0.717) is 19.0 Å². The van der Waals surface area contributed by atoms with Crippen molar-refractivity contribution in [3.8, 4) is 0 Å². The van der Waals surface area contributed by atoms with Crippen LogP contribution in [0.4, 0.5) is 0 Å². The summed E-state index contributed by atoms with van der Waals surface area (Å²) in [6, 6.07) is 0.171. The van der Waals surface area contributed by atoms with Crippen molar-refractivity contribution in [3.05, 3.63) is 0 Å². The Balaban J connectivity index is 2.16. The van der Waals surface area contributed by atoms with E-state index in [1.807, 2.05) is 6.92 Å². The van der Waals surface area contributed by atoms with E-state index >= 15 is 0 Å². The molecule has 118 valence electrons. The first kappa shape index (κ1) is 16.5. The lowest BCUT2D eigenvalue weighted by atomic mass is 9.95. The fourth-order valence-electron chi connectivity index (χ4n) is 3.55. The van der Waals surface area contributed by atoms with Gasteiger partial charge < -0.3 is 0 Å². The third-order valence-electron chi connectivity index (χ3n) is 4.64. The van der Waals surface area contributed by atoms with Gasteiger partial charge in [-0.2, -0.15) is 17.0 Å². The average Bonchev–Trinajstić information content (AvgIpc) is 2.48. The Kier molecular flexibility index (Phi) is 6.14. The quantitative estimate of drug-likeness (QED) is 0.730. The van der Waals surface area contributed by atoms with E-state index < -0.39 is 10.2 Å². The lowest BCUT2D eigenvalue weighted by Gasteiger charge is -2.40. The Morgan fingerprint density at radius 2 is 1.75 bits per heavy atom. The van der Waals surface area contributed by atoms with Crippen molar-refractivity contribution in [1.29, 1.82) is 0 Å². The lowest BCUT2D eigenvalue weighted by Crippen LogP contribution is -2.54. The summed E-state index contributed by atoms with van der Waals surface area (Å²) in [7, 11) is -3.35. The Hall–Kier alpha value is 0.160. The molecule has 1 unspecified atom stereocenters. The highest BCUT2D eigenvalue weighted by molar-refractivity contribution is 7.86. The van der Waals surface area contributed by atoms with E-state index in [1.54, 1.807) is 8.61 Å². The van der Waals surface area contributed by atoms with Crippen molar-refractivity contribution in [2.75, 3.05) is 19.0 Å². The van der Waals surface area contributed by atoms with Crippen LogP contribution < -0.4 is 0 Å². The Morgan fingerprint density at radius 3 is 2.35 bits per heavy atom. The normalized spacial score (nSPS) is 27.1. The van der Waals surface area contributed by atoms with Gasteiger partial charge in [-0.1, -0.05) is 32.6 Å². The summed E-state index contributed by atoms with van der Waals surface area (Å²) in [6.45, 7) is 3.15. The van der Waals surface area contributed by atoms with E-state index in [-0.39, 0.29) is 12.1 Å². The Bertz CT molecular complexity index is 396. The molecule has 6 heteroatoms. The molecule has 1 heterocycles. The maximum Gasteiger partial charge on any atom is 0.282 e. The first-order chi connectivity index (χ1) is 9.61. The molecule has 2 aliphatic rings. The smallest absolute Gasteiger partial charge is 0.195 e. The summed E-state index contributed by atoms with van der Waals surface area (Å²) < 4.78 is 29.4. The molecule has 0 bridgehead atoms. The zero-order valence-electron chi connectivity index (χ0n) is 12.4. The molecule has 0 spiro atoms. The van der Waals surface area contributed by atoms with Crippen molar-refractivity contribution >= 4 is 21.8 Å². The van der Waals surface area contributed by atoms with Crippen LogP contribution in [0.2, 0.25) is 0 Å². The maximum atomic E-state index is 13.0. The molecule has 2 rings (SSSR count).